The third kappa shape index (κ3) is 3.31. The largest absolute Gasteiger partial charge is 0.396 e. The molecular formula is C15H19FN2O. The Morgan fingerprint density at radius 3 is 2.68 bits per heavy atom. The Balaban J connectivity index is 1.91. The maximum Gasteiger partial charge on any atom is 0.129 e. The molecule has 0 aromatic heterocycles. The summed E-state index contributed by atoms with van der Waals surface area (Å²) in [4.78, 5) is 0. The Morgan fingerprint density at radius 2 is 2.11 bits per heavy atom. The number of nitrogens with one attached hydrogen (secondary N) is 1. The van der Waals surface area contributed by atoms with Crippen molar-refractivity contribution < 1.29 is 9.50 Å². The quantitative estimate of drug-likeness (QED) is 0.856. The van der Waals surface area contributed by atoms with Crippen LogP contribution in [0.3, 0.4) is 0 Å². The van der Waals surface area contributed by atoms with E-state index in [-0.39, 0.29) is 17.8 Å². The normalized spacial score (nSPS) is 17.3. The highest BCUT2D eigenvalue weighted by molar-refractivity contribution is 5.32. The summed E-state index contributed by atoms with van der Waals surface area (Å²) in [6.07, 6.45) is 4.39. The first-order chi connectivity index (χ1) is 9.19. The molecule has 2 N–H and O–H groups in total. The fourth-order valence-corrected chi connectivity index (χ4v) is 2.74. The lowest BCUT2D eigenvalue weighted by Crippen LogP contribution is -2.35. The zero-order valence-electron chi connectivity index (χ0n) is 11.0. The lowest BCUT2D eigenvalue weighted by atomic mass is 9.87. The molecule has 0 amide bonds. The van der Waals surface area contributed by atoms with Crippen LogP contribution in [0, 0.1) is 22.6 Å². The van der Waals surface area contributed by atoms with Crippen molar-refractivity contribution >= 4 is 0 Å². The number of aliphatic hydroxyl groups excluding tert-OH is 1. The number of halogens is 1. The lowest BCUT2D eigenvalue weighted by Gasteiger charge is -2.26. The molecular weight excluding hydrogens is 243 g/mol. The first kappa shape index (κ1) is 14.0. The standard InChI is InChI=1S/C15H19FN2O/c16-14-7-12(8-17)3-4-13(14)9-18-10-15(11-19)5-1-2-6-15/h3-4,7,18-19H,1-2,5-6,9-11H2. The minimum Gasteiger partial charge on any atom is -0.396 e. The number of hydrogen-bond donors (Lipinski definition) is 2. The van der Waals surface area contributed by atoms with Crippen molar-refractivity contribution in [3.05, 3.63) is 35.1 Å². The molecule has 19 heavy (non-hydrogen) atoms. The minimum atomic E-state index is -0.351. The SMILES string of the molecule is N#Cc1ccc(CNCC2(CO)CCCC2)c(F)c1. The van der Waals surface area contributed by atoms with Gasteiger partial charge in [-0.25, -0.2) is 4.39 Å². The van der Waals surface area contributed by atoms with Crippen LogP contribution in [0.4, 0.5) is 4.39 Å². The summed E-state index contributed by atoms with van der Waals surface area (Å²) < 4.78 is 13.7. The molecule has 1 saturated carbocycles. The Morgan fingerprint density at radius 1 is 1.37 bits per heavy atom. The van der Waals surface area contributed by atoms with E-state index >= 15 is 0 Å². The van der Waals surface area contributed by atoms with Gasteiger partial charge in [0.05, 0.1) is 11.6 Å². The predicted molar refractivity (Wildman–Crippen MR) is 70.8 cm³/mol. The summed E-state index contributed by atoms with van der Waals surface area (Å²) in [6.45, 7) is 1.33. The zero-order valence-corrected chi connectivity index (χ0v) is 11.0. The van der Waals surface area contributed by atoms with Crippen LogP contribution < -0.4 is 5.32 Å². The van der Waals surface area contributed by atoms with Crippen LogP contribution >= 0.6 is 0 Å². The molecule has 0 radical (unpaired) electrons. The maximum absolute atomic E-state index is 13.7. The van der Waals surface area contributed by atoms with Crippen molar-refractivity contribution in [3.63, 3.8) is 0 Å². The molecule has 0 heterocycles. The molecule has 3 nitrogen and oxygen atoms in total. The first-order valence-electron chi connectivity index (χ1n) is 6.69. The molecule has 1 aliphatic rings. The number of nitriles is 1. The molecule has 0 spiro atoms. The minimum absolute atomic E-state index is 0.0247. The highest BCUT2D eigenvalue weighted by Crippen LogP contribution is 2.36. The number of aliphatic hydroxyl groups is 1. The molecule has 4 heteroatoms. The van der Waals surface area contributed by atoms with Gasteiger partial charge in [-0.15, -0.1) is 0 Å². The van der Waals surface area contributed by atoms with E-state index < -0.39 is 0 Å². The molecule has 0 aliphatic heterocycles. The first-order valence-corrected chi connectivity index (χ1v) is 6.69. The van der Waals surface area contributed by atoms with Gasteiger partial charge in [0.25, 0.3) is 0 Å². The van der Waals surface area contributed by atoms with Crippen LogP contribution in [0.15, 0.2) is 18.2 Å². The van der Waals surface area contributed by atoms with Crippen LogP contribution in [-0.2, 0) is 6.54 Å². The summed E-state index contributed by atoms with van der Waals surface area (Å²) in [5, 5.41) is 21.4. The Bertz CT molecular complexity index is 476. The molecule has 1 aliphatic carbocycles. The van der Waals surface area contributed by atoms with E-state index in [0.717, 1.165) is 25.7 Å². The number of rotatable bonds is 5. The second-order valence-corrected chi connectivity index (χ2v) is 5.39. The number of benzene rings is 1. The molecule has 2 rings (SSSR count). The lowest BCUT2D eigenvalue weighted by molar-refractivity contribution is 0.128. The Kier molecular flexibility index (Phi) is 4.52. The van der Waals surface area contributed by atoms with Crippen molar-refractivity contribution in [2.75, 3.05) is 13.2 Å². The van der Waals surface area contributed by atoms with E-state index in [4.69, 9.17) is 5.26 Å². The van der Waals surface area contributed by atoms with E-state index in [1.165, 1.54) is 6.07 Å². The molecule has 0 saturated heterocycles. The van der Waals surface area contributed by atoms with Crippen molar-refractivity contribution in [2.45, 2.75) is 32.2 Å². The number of hydrogen-bond acceptors (Lipinski definition) is 3. The van der Waals surface area contributed by atoms with Gasteiger partial charge < -0.3 is 10.4 Å². The summed E-state index contributed by atoms with van der Waals surface area (Å²) in [5.41, 5.74) is 0.872. The van der Waals surface area contributed by atoms with E-state index in [1.54, 1.807) is 12.1 Å². The summed E-state index contributed by atoms with van der Waals surface area (Å²) >= 11 is 0. The summed E-state index contributed by atoms with van der Waals surface area (Å²) in [7, 11) is 0. The highest BCUT2D eigenvalue weighted by Gasteiger charge is 2.32. The Labute approximate surface area is 113 Å². The predicted octanol–water partition coefficient (Wildman–Crippen LogP) is 2.34. The van der Waals surface area contributed by atoms with Crippen molar-refractivity contribution in [1.29, 1.82) is 5.26 Å². The van der Waals surface area contributed by atoms with Gasteiger partial charge in [0.1, 0.15) is 5.82 Å². The van der Waals surface area contributed by atoms with Gasteiger partial charge in [0, 0.05) is 30.7 Å². The molecule has 1 fully saturated rings. The van der Waals surface area contributed by atoms with Crippen LogP contribution in [-0.4, -0.2) is 18.3 Å². The highest BCUT2D eigenvalue weighted by atomic mass is 19.1. The zero-order chi connectivity index (χ0) is 13.7. The third-order valence-electron chi connectivity index (χ3n) is 4.00. The van der Waals surface area contributed by atoms with Gasteiger partial charge in [0.2, 0.25) is 0 Å². The fourth-order valence-electron chi connectivity index (χ4n) is 2.74. The monoisotopic (exact) mass is 262 g/mol. The maximum atomic E-state index is 13.7. The van der Waals surface area contributed by atoms with Gasteiger partial charge in [-0.2, -0.15) is 5.26 Å². The average molecular weight is 262 g/mol. The second kappa shape index (κ2) is 6.14. The van der Waals surface area contributed by atoms with Crippen LogP contribution in [0.1, 0.15) is 36.8 Å². The van der Waals surface area contributed by atoms with Gasteiger partial charge in [-0.1, -0.05) is 18.9 Å². The molecule has 1 aromatic rings. The van der Waals surface area contributed by atoms with Gasteiger partial charge in [-0.05, 0) is 25.0 Å². The molecule has 0 atom stereocenters. The smallest absolute Gasteiger partial charge is 0.129 e. The van der Waals surface area contributed by atoms with Crippen LogP contribution in [0.5, 0.6) is 0 Å². The van der Waals surface area contributed by atoms with Gasteiger partial charge >= 0.3 is 0 Å². The van der Waals surface area contributed by atoms with Crippen molar-refractivity contribution in [3.8, 4) is 6.07 Å². The van der Waals surface area contributed by atoms with E-state index in [0.29, 0.717) is 24.2 Å². The molecule has 102 valence electrons. The second-order valence-electron chi connectivity index (χ2n) is 5.39. The van der Waals surface area contributed by atoms with Crippen molar-refractivity contribution in [1.82, 2.24) is 5.32 Å². The van der Waals surface area contributed by atoms with E-state index in [1.807, 2.05) is 6.07 Å². The molecule has 1 aromatic carbocycles. The van der Waals surface area contributed by atoms with Crippen molar-refractivity contribution in [2.24, 2.45) is 5.41 Å². The van der Waals surface area contributed by atoms with Crippen LogP contribution in [0.25, 0.3) is 0 Å². The topological polar surface area (TPSA) is 56.0 Å². The fraction of sp³-hybridized carbons (Fsp3) is 0.533. The summed E-state index contributed by atoms with van der Waals surface area (Å²) in [5.74, 6) is -0.351. The Hall–Kier alpha value is -1.44. The van der Waals surface area contributed by atoms with Gasteiger partial charge in [0.15, 0.2) is 0 Å². The summed E-state index contributed by atoms with van der Waals surface area (Å²) in [6, 6.07) is 6.44. The van der Waals surface area contributed by atoms with Crippen LogP contribution in [0.2, 0.25) is 0 Å². The molecule has 0 bridgehead atoms. The van der Waals surface area contributed by atoms with E-state index in [2.05, 4.69) is 5.32 Å². The van der Waals surface area contributed by atoms with Gasteiger partial charge in [-0.3, -0.25) is 0 Å². The number of nitrogens with zero attached hydrogens (tertiary/aromatic N) is 1. The average Bonchev–Trinajstić information content (AvgIpc) is 2.90. The third-order valence-corrected chi connectivity index (χ3v) is 4.00. The van der Waals surface area contributed by atoms with E-state index in [9.17, 15) is 9.50 Å². The molecule has 0 unspecified atom stereocenters.